The normalized spacial score (nSPS) is 10.1. The molecule has 0 aromatic heterocycles. The van der Waals surface area contributed by atoms with E-state index in [0.29, 0.717) is 0 Å². The summed E-state index contributed by atoms with van der Waals surface area (Å²) in [6, 6.07) is 12.2. The smallest absolute Gasteiger partial charge is 0.259 e. The van der Waals surface area contributed by atoms with Crippen molar-refractivity contribution in [1.82, 2.24) is 0 Å². The molecule has 0 spiro atoms. The Balaban J connectivity index is 2.25. The lowest BCUT2D eigenvalue weighted by Gasteiger charge is -2.08. The molecule has 0 aliphatic heterocycles. The average Bonchev–Trinajstić information content (AvgIpc) is 2.32. The lowest BCUT2D eigenvalue weighted by Crippen LogP contribution is -2.12. The second kappa shape index (κ2) is 5.71. The third-order valence-electron chi connectivity index (χ3n) is 2.33. The largest absolute Gasteiger partial charge is 0.507 e. The molecule has 0 aliphatic carbocycles. The molecule has 0 fully saturated rings. The summed E-state index contributed by atoms with van der Waals surface area (Å²) in [5.41, 5.74) is 0.975. The summed E-state index contributed by atoms with van der Waals surface area (Å²) in [4.78, 5) is 12.0. The molecular formula is C13H9BrINO2. The molecule has 0 radical (unpaired) electrons. The summed E-state index contributed by atoms with van der Waals surface area (Å²) in [5.74, 6) is -0.378. The van der Waals surface area contributed by atoms with Gasteiger partial charge in [-0.2, -0.15) is 0 Å². The molecule has 1 amide bonds. The number of nitrogens with one attached hydrogen (secondary N) is 1. The fourth-order valence-electron chi connectivity index (χ4n) is 1.45. The molecule has 0 saturated carbocycles. The van der Waals surface area contributed by atoms with Gasteiger partial charge >= 0.3 is 0 Å². The molecule has 0 aliphatic rings. The Hall–Kier alpha value is -1.08. The van der Waals surface area contributed by atoms with Crippen molar-refractivity contribution in [2.45, 2.75) is 0 Å². The van der Waals surface area contributed by atoms with Gasteiger partial charge in [0.1, 0.15) is 5.75 Å². The second-order valence-corrected chi connectivity index (χ2v) is 5.67. The Morgan fingerprint density at radius 2 is 1.94 bits per heavy atom. The zero-order valence-corrected chi connectivity index (χ0v) is 12.9. The summed E-state index contributed by atoms with van der Waals surface area (Å²) in [5, 5.41) is 12.5. The number of benzene rings is 2. The van der Waals surface area contributed by atoms with Crippen molar-refractivity contribution in [3.63, 3.8) is 0 Å². The Kier molecular flexibility index (Phi) is 4.23. The molecule has 0 atom stereocenters. The van der Waals surface area contributed by atoms with Crippen LogP contribution in [0.3, 0.4) is 0 Å². The van der Waals surface area contributed by atoms with Gasteiger partial charge in [-0.3, -0.25) is 4.79 Å². The summed E-state index contributed by atoms with van der Waals surface area (Å²) < 4.78 is 1.67. The monoisotopic (exact) mass is 417 g/mol. The van der Waals surface area contributed by atoms with E-state index >= 15 is 0 Å². The molecule has 2 aromatic carbocycles. The van der Waals surface area contributed by atoms with Gasteiger partial charge in [-0.25, -0.2) is 0 Å². The number of aromatic hydroxyl groups is 1. The fraction of sp³-hybridized carbons (Fsp3) is 0. The molecule has 0 bridgehead atoms. The number of rotatable bonds is 2. The highest BCUT2D eigenvalue weighted by Crippen LogP contribution is 2.24. The number of phenols is 1. The van der Waals surface area contributed by atoms with E-state index in [2.05, 4.69) is 43.8 Å². The van der Waals surface area contributed by atoms with Gasteiger partial charge in [0.25, 0.3) is 5.91 Å². The zero-order chi connectivity index (χ0) is 13.1. The first-order valence-electron chi connectivity index (χ1n) is 5.12. The third kappa shape index (κ3) is 3.02. The van der Waals surface area contributed by atoms with E-state index in [1.165, 1.54) is 6.07 Å². The Labute approximate surface area is 126 Å². The summed E-state index contributed by atoms with van der Waals surface area (Å²) >= 11 is 5.37. The number of phenolic OH excluding ortho intramolecular Hbond substituents is 1. The summed E-state index contributed by atoms with van der Waals surface area (Å²) in [6.45, 7) is 0. The van der Waals surface area contributed by atoms with E-state index in [0.717, 1.165) is 13.7 Å². The predicted molar refractivity (Wildman–Crippen MR) is 82.9 cm³/mol. The Bertz CT molecular complexity index is 601. The van der Waals surface area contributed by atoms with E-state index in [1.54, 1.807) is 12.1 Å². The first-order valence-corrected chi connectivity index (χ1v) is 6.99. The molecule has 0 unspecified atom stereocenters. The van der Waals surface area contributed by atoms with Crippen molar-refractivity contribution < 1.29 is 9.90 Å². The molecular weight excluding hydrogens is 409 g/mol. The van der Waals surface area contributed by atoms with Crippen molar-refractivity contribution in [2.75, 3.05) is 5.32 Å². The SMILES string of the molecule is O=C(Nc1ccccc1I)c1ccc(Br)cc1O. The third-order valence-corrected chi connectivity index (χ3v) is 3.76. The number of hydrogen-bond donors (Lipinski definition) is 2. The first kappa shape index (κ1) is 13.4. The van der Waals surface area contributed by atoms with E-state index in [9.17, 15) is 9.90 Å². The first-order chi connectivity index (χ1) is 8.58. The minimum absolute atomic E-state index is 0.0483. The maximum Gasteiger partial charge on any atom is 0.259 e. The summed E-state index contributed by atoms with van der Waals surface area (Å²) in [7, 11) is 0. The molecule has 2 N–H and O–H groups in total. The topological polar surface area (TPSA) is 49.3 Å². The van der Waals surface area contributed by atoms with Crippen LogP contribution >= 0.6 is 38.5 Å². The van der Waals surface area contributed by atoms with Gasteiger partial charge in [-0.05, 0) is 52.9 Å². The molecule has 92 valence electrons. The molecule has 0 saturated heterocycles. The lowest BCUT2D eigenvalue weighted by atomic mass is 10.2. The van der Waals surface area contributed by atoms with Gasteiger partial charge in [-0.1, -0.05) is 28.1 Å². The van der Waals surface area contributed by atoms with Crippen molar-refractivity contribution in [3.05, 3.63) is 56.1 Å². The highest BCUT2D eigenvalue weighted by molar-refractivity contribution is 14.1. The van der Waals surface area contributed by atoms with E-state index in [1.807, 2.05) is 24.3 Å². The molecule has 18 heavy (non-hydrogen) atoms. The van der Waals surface area contributed by atoms with Crippen LogP contribution in [0.4, 0.5) is 5.69 Å². The van der Waals surface area contributed by atoms with Crippen LogP contribution in [0.15, 0.2) is 46.9 Å². The lowest BCUT2D eigenvalue weighted by molar-refractivity contribution is 0.102. The van der Waals surface area contributed by atoms with Gasteiger partial charge in [-0.15, -0.1) is 0 Å². The van der Waals surface area contributed by atoms with E-state index < -0.39 is 0 Å². The van der Waals surface area contributed by atoms with Crippen LogP contribution in [0.5, 0.6) is 5.75 Å². The number of carbonyl (C=O) groups is 1. The average molecular weight is 418 g/mol. The van der Waals surface area contributed by atoms with Gasteiger partial charge in [0.05, 0.1) is 11.3 Å². The van der Waals surface area contributed by atoms with Crippen LogP contribution in [0.2, 0.25) is 0 Å². The Morgan fingerprint density at radius 1 is 1.22 bits per heavy atom. The maximum absolute atomic E-state index is 12.0. The van der Waals surface area contributed by atoms with Crippen molar-refractivity contribution in [1.29, 1.82) is 0 Å². The predicted octanol–water partition coefficient (Wildman–Crippen LogP) is 4.01. The molecule has 0 heterocycles. The van der Waals surface area contributed by atoms with Crippen LogP contribution in [-0.4, -0.2) is 11.0 Å². The maximum atomic E-state index is 12.0. The molecule has 2 rings (SSSR count). The standard InChI is InChI=1S/C13H9BrINO2/c14-8-5-6-9(12(17)7-8)13(18)16-11-4-2-1-3-10(11)15/h1-7,17H,(H,16,18). The minimum Gasteiger partial charge on any atom is -0.507 e. The zero-order valence-electron chi connectivity index (χ0n) is 9.15. The van der Waals surface area contributed by atoms with E-state index in [-0.39, 0.29) is 17.2 Å². The van der Waals surface area contributed by atoms with Crippen molar-refractivity contribution >= 4 is 50.1 Å². The van der Waals surface area contributed by atoms with Crippen LogP contribution < -0.4 is 5.32 Å². The van der Waals surface area contributed by atoms with Gasteiger partial charge < -0.3 is 10.4 Å². The number of hydrogen-bond acceptors (Lipinski definition) is 2. The van der Waals surface area contributed by atoms with Crippen molar-refractivity contribution in [3.8, 4) is 5.75 Å². The van der Waals surface area contributed by atoms with Crippen LogP contribution in [0.25, 0.3) is 0 Å². The van der Waals surface area contributed by atoms with Gasteiger partial charge in [0.2, 0.25) is 0 Å². The fourth-order valence-corrected chi connectivity index (χ4v) is 2.32. The molecule has 5 heteroatoms. The summed E-state index contributed by atoms with van der Waals surface area (Å²) in [6.07, 6.45) is 0. The number of halogens is 2. The highest BCUT2D eigenvalue weighted by atomic mass is 127. The van der Waals surface area contributed by atoms with Crippen LogP contribution in [0, 0.1) is 3.57 Å². The number of para-hydroxylation sites is 1. The molecule has 3 nitrogen and oxygen atoms in total. The van der Waals surface area contributed by atoms with Gasteiger partial charge in [0.15, 0.2) is 0 Å². The van der Waals surface area contributed by atoms with Crippen LogP contribution in [-0.2, 0) is 0 Å². The van der Waals surface area contributed by atoms with Crippen molar-refractivity contribution in [2.24, 2.45) is 0 Å². The minimum atomic E-state index is -0.330. The Morgan fingerprint density at radius 3 is 2.61 bits per heavy atom. The second-order valence-electron chi connectivity index (χ2n) is 3.60. The molecule has 2 aromatic rings. The number of anilines is 1. The van der Waals surface area contributed by atoms with Crippen LogP contribution in [0.1, 0.15) is 10.4 Å². The van der Waals surface area contributed by atoms with E-state index in [4.69, 9.17) is 0 Å². The quantitative estimate of drug-likeness (QED) is 0.725. The number of amides is 1. The number of carbonyl (C=O) groups excluding carboxylic acids is 1. The highest BCUT2D eigenvalue weighted by Gasteiger charge is 2.12. The van der Waals surface area contributed by atoms with Gasteiger partial charge in [0, 0.05) is 8.04 Å².